The van der Waals surface area contributed by atoms with E-state index in [-0.39, 0.29) is 6.23 Å². The third-order valence-corrected chi connectivity index (χ3v) is 2.43. The van der Waals surface area contributed by atoms with E-state index in [4.69, 9.17) is 4.74 Å². The van der Waals surface area contributed by atoms with Crippen LogP contribution in [0.5, 0.6) is 5.75 Å². The Bertz CT molecular complexity index is 335. The van der Waals surface area contributed by atoms with Gasteiger partial charge in [0.25, 0.3) is 0 Å². The maximum atomic E-state index is 5.76. The summed E-state index contributed by atoms with van der Waals surface area (Å²) in [5.74, 6) is 1.59. The second kappa shape index (κ2) is 5.30. The van der Waals surface area contributed by atoms with E-state index in [9.17, 15) is 0 Å². The van der Waals surface area contributed by atoms with Gasteiger partial charge in [-0.05, 0) is 30.0 Å². The number of ether oxygens (including phenoxy) is 1. The third-order valence-electron chi connectivity index (χ3n) is 2.43. The highest BCUT2D eigenvalue weighted by molar-refractivity contribution is 5.29. The van der Waals surface area contributed by atoms with Gasteiger partial charge in [-0.25, -0.2) is 10.9 Å². The smallest absolute Gasteiger partial charge is 0.177 e. The predicted octanol–water partition coefficient (Wildman–Crippen LogP) is 1.20. The van der Waals surface area contributed by atoms with Crippen LogP contribution in [-0.2, 0) is 6.42 Å². The first-order valence-corrected chi connectivity index (χ1v) is 5.73. The molecule has 1 heterocycles. The minimum atomic E-state index is -0.00528. The molecule has 1 unspecified atom stereocenters. The molecule has 1 aromatic rings. The quantitative estimate of drug-likeness (QED) is 0.715. The van der Waals surface area contributed by atoms with Crippen molar-refractivity contribution in [1.29, 1.82) is 0 Å². The molecule has 4 nitrogen and oxygen atoms in total. The second-order valence-electron chi connectivity index (χ2n) is 4.50. The lowest BCUT2D eigenvalue weighted by Crippen LogP contribution is -2.36. The number of benzene rings is 1. The second-order valence-corrected chi connectivity index (χ2v) is 4.50. The summed E-state index contributed by atoms with van der Waals surface area (Å²) in [5, 5.41) is 0. The van der Waals surface area contributed by atoms with Gasteiger partial charge < -0.3 is 4.74 Å². The van der Waals surface area contributed by atoms with Crippen molar-refractivity contribution in [2.45, 2.75) is 26.5 Å². The zero-order chi connectivity index (χ0) is 11.4. The standard InChI is InChI=1S/C12H19N3O/c1-9(2)6-10-4-3-5-11(7-10)16-12-8-13-15-14-12/h3-5,7,9,12-15H,6,8H2,1-2H3. The molecule has 0 bridgehead atoms. The van der Waals surface area contributed by atoms with E-state index in [1.807, 2.05) is 12.1 Å². The van der Waals surface area contributed by atoms with Crippen LogP contribution in [0, 0.1) is 5.92 Å². The van der Waals surface area contributed by atoms with Crippen LogP contribution in [0.3, 0.4) is 0 Å². The molecule has 88 valence electrons. The van der Waals surface area contributed by atoms with Gasteiger partial charge in [-0.3, -0.25) is 0 Å². The topological polar surface area (TPSA) is 45.3 Å². The molecule has 1 atom stereocenters. The van der Waals surface area contributed by atoms with E-state index in [2.05, 4.69) is 42.4 Å². The third kappa shape index (κ3) is 3.20. The van der Waals surface area contributed by atoms with Crippen molar-refractivity contribution >= 4 is 0 Å². The van der Waals surface area contributed by atoms with Crippen molar-refractivity contribution in [3.63, 3.8) is 0 Å². The van der Waals surface area contributed by atoms with Gasteiger partial charge in [-0.1, -0.05) is 26.0 Å². The Balaban J connectivity index is 1.97. The first-order valence-electron chi connectivity index (χ1n) is 5.73. The molecule has 1 aromatic carbocycles. The maximum absolute atomic E-state index is 5.76. The molecule has 0 amide bonds. The lowest BCUT2D eigenvalue weighted by atomic mass is 10.0. The van der Waals surface area contributed by atoms with Crippen LogP contribution in [-0.4, -0.2) is 12.8 Å². The Hall–Kier alpha value is -1.10. The van der Waals surface area contributed by atoms with Gasteiger partial charge >= 0.3 is 0 Å². The van der Waals surface area contributed by atoms with E-state index in [0.717, 1.165) is 18.7 Å². The Morgan fingerprint density at radius 1 is 1.44 bits per heavy atom. The van der Waals surface area contributed by atoms with E-state index < -0.39 is 0 Å². The normalized spacial score (nSPS) is 20.3. The Morgan fingerprint density at radius 2 is 2.31 bits per heavy atom. The zero-order valence-electron chi connectivity index (χ0n) is 9.79. The first-order chi connectivity index (χ1) is 7.74. The van der Waals surface area contributed by atoms with Crippen LogP contribution in [0.25, 0.3) is 0 Å². The summed E-state index contributed by atoms with van der Waals surface area (Å²) in [6.07, 6.45) is 1.08. The van der Waals surface area contributed by atoms with Crippen molar-refractivity contribution in [3.8, 4) is 5.75 Å². The van der Waals surface area contributed by atoms with Crippen LogP contribution in [0.1, 0.15) is 19.4 Å². The summed E-state index contributed by atoms with van der Waals surface area (Å²) < 4.78 is 5.76. The summed E-state index contributed by atoms with van der Waals surface area (Å²) >= 11 is 0. The molecule has 1 aliphatic rings. The molecule has 0 aromatic heterocycles. The largest absolute Gasteiger partial charge is 0.473 e. The molecular weight excluding hydrogens is 202 g/mol. The van der Waals surface area contributed by atoms with Crippen LogP contribution in [0.15, 0.2) is 24.3 Å². The van der Waals surface area contributed by atoms with Gasteiger partial charge in [-0.2, -0.15) is 5.53 Å². The number of rotatable bonds is 4. The molecule has 3 N–H and O–H groups in total. The molecule has 0 aliphatic carbocycles. The van der Waals surface area contributed by atoms with Gasteiger partial charge in [0.15, 0.2) is 6.23 Å². The zero-order valence-corrected chi connectivity index (χ0v) is 9.79. The summed E-state index contributed by atoms with van der Waals surface area (Å²) in [7, 11) is 0. The van der Waals surface area contributed by atoms with Crippen molar-refractivity contribution in [3.05, 3.63) is 29.8 Å². The highest BCUT2D eigenvalue weighted by Gasteiger charge is 2.14. The van der Waals surface area contributed by atoms with Crippen molar-refractivity contribution in [2.24, 2.45) is 5.92 Å². The Kier molecular flexibility index (Phi) is 3.77. The summed E-state index contributed by atoms with van der Waals surface area (Å²) in [6.45, 7) is 5.20. The molecule has 1 aliphatic heterocycles. The van der Waals surface area contributed by atoms with E-state index in [1.165, 1.54) is 5.56 Å². The number of hydrogen-bond acceptors (Lipinski definition) is 4. The lowest BCUT2D eigenvalue weighted by molar-refractivity contribution is 0.191. The Morgan fingerprint density at radius 3 is 3.00 bits per heavy atom. The van der Waals surface area contributed by atoms with Crippen LogP contribution < -0.4 is 21.1 Å². The van der Waals surface area contributed by atoms with Gasteiger partial charge in [0, 0.05) is 0 Å². The fourth-order valence-corrected chi connectivity index (χ4v) is 1.78. The van der Waals surface area contributed by atoms with Crippen LogP contribution in [0.4, 0.5) is 0 Å². The van der Waals surface area contributed by atoms with Gasteiger partial charge in [0.2, 0.25) is 0 Å². The lowest BCUT2D eigenvalue weighted by Gasteiger charge is -2.13. The molecular formula is C12H19N3O. The average molecular weight is 221 g/mol. The van der Waals surface area contributed by atoms with Gasteiger partial charge in [0.05, 0.1) is 6.54 Å². The van der Waals surface area contributed by atoms with Crippen LogP contribution in [0.2, 0.25) is 0 Å². The van der Waals surface area contributed by atoms with Gasteiger partial charge in [-0.15, -0.1) is 0 Å². The Labute approximate surface area is 96.3 Å². The fraction of sp³-hybridized carbons (Fsp3) is 0.500. The van der Waals surface area contributed by atoms with E-state index in [1.54, 1.807) is 0 Å². The molecule has 0 radical (unpaired) electrons. The predicted molar refractivity (Wildman–Crippen MR) is 63.7 cm³/mol. The van der Waals surface area contributed by atoms with Crippen molar-refractivity contribution in [2.75, 3.05) is 6.54 Å². The molecule has 16 heavy (non-hydrogen) atoms. The average Bonchev–Trinajstić information content (AvgIpc) is 2.70. The highest BCUT2D eigenvalue weighted by atomic mass is 16.5. The van der Waals surface area contributed by atoms with E-state index >= 15 is 0 Å². The summed E-state index contributed by atoms with van der Waals surface area (Å²) in [6, 6.07) is 8.29. The highest BCUT2D eigenvalue weighted by Crippen LogP contribution is 2.17. The fourth-order valence-electron chi connectivity index (χ4n) is 1.78. The molecule has 2 rings (SSSR count). The first kappa shape index (κ1) is 11.4. The minimum absolute atomic E-state index is 0.00528. The SMILES string of the molecule is CC(C)Cc1cccc(OC2CNNN2)c1. The number of hydrazine groups is 2. The monoisotopic (exact) mass is 221 g/mol. The molecule has 0 saturated carbocycles. The minimum Gasteiger partial charge on any atom is -0.473 e. The molecule has 1 fully saturated rings. The number of hydrogen-bond donors (Lipinski definition) is 3. The van der Waals surface area contributed by atoms with Gasteiger partial charge in [0.1, 0.15) is 5.75 Å². The van der Waals surface area contributed by atoms with Crippen molar-refractivity contribution in [1.82, 2.24) is 16.4 Å². The summed E-state index contributed by atoms with van der Waals surface area (Å²) in [4.78, 5) is 0. The van der Waals surface area contributed by atoms with Crippen LogP contribution >= 0.6 is 0 Å². The molecule has 1 saturated heterocycles. The van der Waals surface area contributed by atoms with Crippen molar-refractivity contribution < 1.29 is 4.74 Å². The molecule has 0 spiro atoms. The number of nitrogens with one attached hydrogen (secondary N) is 3. The summed E-state index contributed by atoms with van der Waals surface area (Å²) in [5.41, 5.74) is 10.1. The van der Waals surface area contributed by atoms with E-state index in [0.29, 0.717) is 5.92 Å². The maximum Gasteiger partial charge on any atom is 0.177 e. The molecule has 4 heteroatoms.